The van der Waals surface area contributed by atoms with Crippen LogP contribution in [-0.4, -0.2) is 5.78 Å². The van der Waals surface area contributed by atoms with E-state index < -0.39 is 0 Å². The number of rotatable bonds is 4. The van der Waals surface area contributed by atoms with Crippen molar-refractivity contribution >= 4 is 23.2 Å². The molecule has 0 saturated carbocycles. The van der Waals surface area contributed by atoms with Crippen molar-refractivity contribution in [3.63, 3.8) is 0 Å². The molecule has 1 aliphatic rings. The Kier molecular flexibility index (Phi) is 3.97. The van der Waals surface area contributed by atoms with Crippen LogP contribution in [0.3, 0.4) is 0 Å². The third-order valence-electron chi connectivity index (χ3n) is 3.84. The summed E-state index contributed by atoms with van der Waals surface area (Å²) in [7, 11) is 0. The van der Waals surface area contributed by atoms with Gasteiger partial charge in [-0.05, 0) is 29.8 Å². The third kappa shape index (κ3) is 2.88. The second kappa shape index (κ2) is 6.42. The first-order valence-electron chi connectivity index (χ1n) is 7.69. The number of carbonyl (C=O) groups is 1. The molecule has 0 atom stereocenters. The van der Waals surface area contributed by atoms with Crippen LogP contribution < -0.4 is 4.90 Å². The summed E-state index contributed by atoms with van der Waals surface area (Å²) in [6.07, 6.45) is 3.18. The van der Waals surface area contributed by atoms with E-state index in [1.165, 1.54) is 11.8 Å². The monoisotopic (exact) mass is 333 g/mol. The summed E-state index contributed by atoms with van der Waals surface area (Å²) in [5.74, 6) is 0.243. The molecule has 0 fully saturated rings. The zero-order chi connectivity index (χ0) is 16.4. The van der Waals surface area contributed by atoms with Gasteiger partial charge in [-0.15, -0.1) is 0 Å². The molecule has 2 heterocycles. The number of nitrogens with zero attached hydrogens (tertiary/aromatic N) is 1. The van der Waals surface area contributed by atoms with E-state index >= 15 is 0 Å². The molecule has 1 aliphatic heterocycles. The summed E-state index contributed by atoms with van der Waals surface area (Å²) in [4.78, 5) is 15.7. The minimum atomic E-state index is -0.117. The Morgan fingerprint density at radius 3 is 2.58 bits per heavy atom. The molecule has 0 spiro atoms. The van der Waals surface area contributed by atoms with Crippen LogP contribution in [0.2, 0.25) is 0 Å². The van der Waals surface area contributed by atoms with Crippen LogP contribution in [0.4, 0.5) is 5.69 Å². The highest BCUT2D eigenvalue weighted by Gasteiger charge is 2.26. The highest BCUT2D eigenvalue weighted by molar-refractivity contribution is 8.03. The SMILES string of the molecule is O=C(/C=C1\Sc2ccccc2N1Cc1ccccc1)c1ccco1. The quantitative estimate of drug-likeness (QED) is 0.490. The van der Waals surface area contributed by atoms with Crippen molar-refractivity contribution in [2.24, 2.45) is 0 Å². The number of anilines is 1. The number of ketones is 1. The van der Waals surface area contributed by atoms with Gasteiger partial charge in [-0.1, -0.05) is 54.2 Å². The Hall–Kier alpha value is -2.72. The number of thioether (sulfide) groups is 1. The maximum absolute atomic E-state index is 12.4. The molecule has 0 saturated heterocycles. The van der Waals surface area contributed by atoms with Gasteiger partial charge in [-0.3, -0.25) is 4.79 Å². The number of hydrogen-bond donors (Lipinski definition) is 0. The van der Waals surface area contributed by atoms with Crippen LogP contribution in [-0.2, 0) is 6.54 Å². The molecular formula is C20H15NO2S. The zero-order valence-electron chi connectivity index (χ0n) is 12.9. The van der Waals surface area contributed by atoms with Crippen LogP contribution >= 0.6 is 11.8 Å². The highest BCUT2D eigenvalue weighted by Crippen LogP contribution is 2.46. The smallest absolute Gasteiger partial charge is 0.223 e. The van der Waals surface area contributed by atoms with E-state index in [9.17, 15) is 4.79 Å². The van der Waals surface area contributed by atoms with E-state index in [-0.39, 0.29) is 5.78 Å². The van der Waals surface area contributed by atoms with E-state index in [1.54, 1.807) is 30.0 Å². The topological polar surface area (TPSA) is 33.5 Å². The molecule has 4 heteroatoms. The van der Waals surface area contributed by atoms with Crippen LogP contribution in [0, 0.1) is 0 Å². The highest BCUT2D eigenvalue weighted by atomic mass is 32.2. The zero-order valence-corrected chi connectivity index (χ0v) is 13.7. The second-order valence-corrected chi connectivity index (χ2v) is 6.53. The Balaban J connectivity index is 1.69. The molecule has 1 aromatic heterocycles. The first-order chi connectivity index (χ1) is 11.8. The average Bonchev–Trinajstić information content (AvgIpc) is 3.25. The van der Waals surface area contributed by atoms with Crippen molar-refractivity contribution in [1.29, 1.82) is 0 Å². The Morgan fingerprint density at radius 1 is 1.00 bits per heavy atom. The fourth-order valence-corrected chi connectivity index (χ4v) is 3.79. The largest absolute Gasteiger partial charge is 0.461 e. The Labute approximate surface area is 144 Å². The van der Waals surface area contributed by atoms with Gasteiger partial charge in [0.05, 0.1) is 17.0 Å². The fourth-order valence-electron chi connectivity index (χ4n) is 2.69. The Morgan fingerprint density at radius 2 is 1.79 bits per heavy atom. The van der Waals surface area contributed by atoms with Crippen molar-refractivity contribution in [1.82, 2.24) is 0 Å². The molecule has 3 nitrogen and oxygen atoms in total. The van der Waals surface area contributed by atoms with Gasteiger partial charge in [0.1, 0.15) is 0 Å². The third-order valence-corrected chi connectivity index (χ3v) is 4.95. The van der Waals surface area contributed by atoms with Crippen LogP contribution in [0.5, 0.6) is 0 Å². The molecule has 118 valence electrons. The molecule has 0 radical (unpaired) electrons. The van der Waals surface area contributed by atoms with E-state index in [1.807, 2.05) is 30.3 Å². The predicted octanol–water partition coefficient (Wildman–Crippen LogP) is 5.12. The molecule has 24 heavy (non-hydrogen) atoms. The van der Waals surface area contributed by atoms with Gasteiger partial charge >= 0.3 is 0 Å². The molecule has 2 aromatic carbocycles. The van der Waals surface area contributed by atoms with Gasteiger partial charge in [0.15, 0.2) is 5.76 Å². The first kappa shape index (κ1) is 14.8. The minimum absolute atomic E-state index is 0.117. The van der Waals surface area contributed by atoms with Crippen molar-refractivity contribution in [2.75, 3.05) is 4.90 Å². The summed E-state index contributed by atoms with van der Waals surface area (Å²) < 4.78 is 5.21. The van der Waals surface area contributed by atoms with E-state index in [2.05, 4.69) is 29.2 Å². The first-order valence-corrected chi connectivity index (χ1v) is 8.51. The Bertz CT molecular complexity index is 885. The van der Waals surface area contributed by atoms with Crippen molar-refractivity contribution in [2.45, 2.75) is 11.4 Å². The van der Waals surface area contributed by atoms with Crippen molar-refractivity contribution < 1.29 is 9.21 Å². The van der Waals surface area contributed by atoms with Crippen LogP contribution in [0.25, 0.3) is 0 Å². The van der Waals surface area contributed by atoms with E-state index in [0.717, 1.165) is 22.2 Å². The maximum Gasteiger partial charge on any atom is 0.223 e. The molecule has 0 amide bonds. The summed E-state index contributed by atoms with van der Waals surface area (Å²) in [6, 6.07) is 21.9. The minimum Gasteiger partial charge on any atom is -0.461 e. The van der Waals surface area contributed by atoms with Gasteiger partial charge < -0.3 is 9.32 Å². The van der Waals surface area contributed by atoms with Crippen LogP contribution in [0.15, 0.2) is 93.4 Å². The number of allylic oxidation sites excluding steroid dienone is 1. The molecular weight excluding hydrogens is 318 g/mol. The van der Waals surface area contributed by atoms with E-state index in [4.69, 9.17) is 4.42 Å². The molecule has 0 aliphatic carbocycles. The normalized spacial score (nSPS) is 14.8. The van der Waals surface area contributed by atoms with Crippen molar-refractivity contribution in [3.05, 3.63) is 95.4 Å². The number of furan rings is 1. The lowest BCUT2D eigenvalue weighted by atomic mass is 10.2. The lowest BCUT2D eigenvalue weighted by Crippen LogP contribution is -2.17. The average molecular weight is 333 g/mol. The van der Waals surface area contributed by atoms with Crippen LogP contribution in [0.1, 0.15) is 16.1 Å². The number of para-hydroxylation sites is 1. The standard InChI is InChI=1S/C20H15NO2S/c22-17(18-10-6-12-23-18)13-20-21(14-15-7-2-1-3-8-15)16-9-4-5-11-19(16)24-20/h1-13H,14H2/b20-13-. The summed E-state index contributed by atoms with van der Waals surface area (Å²) in [6.45, 7) is 0.724. The fraction of sp³-hybridized carbons (Fsp3) is 0.0500. The lowest BCUT2D eigenvalue weighted by molar-refractivity contribution is 0.102. The lowest BCUT2D eigenvalue weighted by Gasteiger charge is -2.20. The summed E-state index contributed by atoms with van der Waals surface area (Å²) >= 11 is 1.61. The predicted molar refractivity (Wildman–Crippen MR) is 96.0 cm³/mol. The molecule has 4 rings (SSSR count). The summed E-state index contributed by atoms with van der Waals surface area (Å²) in [5, 5.41) is 0.918. The van der Waals surface area contributed by atoms with Gasteiger partial charge in [-0.2, -0.15) is 0 Å². The molecule has 0 unspecified atom stereocenters. The number of benzene rings is 2. The maximum atomic E-state index is 12.4. The van der Waals surface area contributed by atoms with Gasteiger partial charge in [-0.25, -0.2) is 0 Å². The number of fused-ring (bicyclic) bond motifs is 1. The van der Waals surface area contributed by atoms with Gasteiger partial charge in [0.2, 0.25) is 5.78 Å². The molecule has 0 N–H and O–H groups in total. The van der Waals surface area contributed by atoms with Gasteiger partial charge in [0.25, 0.3) is 0 Å². The summed E-state index contributed by atoms with van der Waals surface area (Å²) in [5.41, 5.74) is 2.33. The number of carbonyl (C=O) groups excluding carboxylic acids is 1. The molecule has 0 bridgehead atoms. The van der Waals surface area contributed by atoms with Crippen molar-refractivity contribution in [3.8, 4) is 0 Å². The number of hydrogen-bond acceptors (Lipinski definition) is 4. The van der Waals surface area contributed by atoms with E-state index in [0.29, 0.717) is 5.76 Å². The van der Waals surface area contributed by atoms with Gasteiger partial charge in [0, 0.05) is 17.5 Å². The molecule has 3 aromatic rings. The second-order valence-electron chi connectivity index (χ2n) is 5.47.